The molecule has 1 aliphatic heterocycles. The molecule has 5 rings (SSSR count). The number of nitrogens with two attached hydrogens (primary N) is 1. The van der Waals surface area contributed by atoms with Crippen LogP contribution in [0.4, 0.5) is 11.6 Å². The first-order valence-corrected chi connectivity index (χ1v) is 10.3. The van der Waals surface area contributed by atoms with Crippen molar-refractivity contribution in [3.8, 4) is 11.5 Å². The number of nitrogens with one attached hydrogen (secondary N) is 2. The number of H-pyrrole nitrogens is 1. The highest BCUT2D eigenvalue weighted by Crippen LogP contribution is 2.28. The summed E-state index contributed by atoms with van der Waals surface area (Å²) in [7, 11) is 0. The lowest BCUT2D eigenvalue weighted by Gasteiger charge is -2.19. The van der Waals surface area contributed by atoms with Crippen LogP contribution in [0.15, 0.2) is 30.5 Å². The maximum atomic E-state index is 12.4. The molecule has 1 atom stereocenters. The largest absolute Gasteiger partial charge is 0.382 e. The van der Waals surface area contributed by atoms with E-state index in [9.17, 15) is 4.79 Å². The first kappa shape index (κ1) is 17.9. The van der Waals surface area contributed by atoms with Crippen molar-refractivity contribution in [1.29, 1.82) is 0 Å². The summed E-state index contributed by atoms with van der Waals surface area (Å²) >= 11 is 0. The highest BCUT2D eigenvalue weighted by Gasteiger charge is 2.29. The van der Waals surface area contributed by atoms with Gasteiger partial charge in [0.2, 0.25) is 5.91 Å². The van der Waals surface area contributed by atoms with Crippen molar-refractivity contribution >= 4 is 28.6 Å². The third-order valence-electron chi connectivity index (χ3n) is 5.99. The van der Waals surface area contributed by atoms with Gasteiger partial charge in [-0.15, -0.1) is 0 Å². The predicted octanol–water partition coefficient (Wildman–Crippen LogP) is 2.49. The van der Waals surface area contributed by atoms with E-state index in [1.54, 1.807) is 6.20 Å². The molecule has 0 radical (unpaired) electrons. The summed E-state index contributed by atoms with van der Waals surface area (Å²) < 4.78 is 0. The molecule has 0 spiro atoms. The summed E-state index contributed by atoms with van der Waals surface area (Å²) in [5.41, 5.74) is 8.45. The fourth-order valence-electron chi connectivity index (χ4n) is 4.37. The first-order chi connectivity index (χ1) is 14.2. The molecular formula is C21H25N7O. The Balaban J connectivity index is 1.33. The van der Waals surface area contributed by atoms with Crippen LogP contribution in [0.2, 0.25) is 0 Å². The van der Waals surface area contributed by atoms with Gasteiger partial charge in [-0.25, -0.2) is 15.0 Å². The second-order valence-corrected chi connectivity index (χ2v) is 7.99. The molecule has 29 heavy (non-hydrogen) atoms. The molecule has 1 aliphatic carbocycles. The molecule has 1 aromatic carbocycles. The Hall–Kier alpha value is -3.16. The minimum atomic E-state index is 0.150. The van der Waals surface area contributed by atoms with Gasteiger partial charge in [0.1, 0.15) is 5.82 Å². The van der Waals surface area contributed by atoms with Crippen LogP contribution in [0.5, 0.6) is 0 Å². The minimum Gasteiger partial charge on any atom is -0.382 e. The zero-order valence-electron chi connectivity index (χ0n) is 16.3. The second-order valence-electron chi connectivity index (χ2n) is 7.99. The molecule has 3 aromatic rings. The number of aromatic nitrogens is 4. The number of para-hydroxylation sites is 2. The van der Waals surface area contributed by atoms with E-state index >= 15 is 0 Å². The van der Waals surface area contributed by atoms with E-state index in [2.05, 4.69) is 25.2 Å². The number of amides is 1. The molecule has 2 fully saturated rings. The summed E-state index contributed by atoms with van der Waals surface area (Å²) in [6.45, 7) is 1.56. The Labute approximate surface area is 168 Å². The van der Waals surface area contributed by atoms with Crippen LogP contribution in [0, 0.1) is 5.92 Å². The molecule has 1 saturated heterocycles. The van der Waals surface area contributed by atoms with Crippen molar-refractivity contribution in [3.63, 3.8) is 0 Å². The summed E-state index contributed by atoms with van der Waals surface area (Å²) in [6.07, 6.45) is 6.98. The van der Waals surface area contributed by atoms with Crippen molar-refractivity contribution < 1.29 is 4.79 Å². The van der Waals surface area contributed by atoms with Gasteiger partial charge >= 0.3 is 0 Å². The van der Waals surface area contributed by atoms with Crippen molar-refractivity contribution in [2.24, 2.45) is 5.92 Å². The maximum Gasteiger partial charge on any atom is 0.223 e. The first-order valence-electron chi connectivity index (χ1n) is 10.3. The zero-order valence-corrected chi connectivity index (χ0v) is 16.3. The molecule has 2 aliphatic rings. The average molecular weight is 391 g/mol. The van der Waals surface area contributed by atoms with Crippen molar-refractivity contribution in [2.75, 3.05) is 23.7 Å². The summed E-state index contributed by atoms with van der Waals surface area (Å²) in [6, 6.07) is 7.97. The Morgan fingerprint density at radius 1 is 1.17 bits per heavy atom. The van der Waals surface area contributed by atoms with E-state index in [4.69, 9.17) is 10.7 Å². The van der Waals surface area contributed by atoms with Gasteiger partial charge in [0, 0.05) is 25.0 Å². The number of aromatic amines is 1. The van der Waals surface area contributed by atoms with E-state index in [1.807, 2.05) is 24.3 Å². The van der Waals surface area contributed by atoms with Crippen LogP contribution < -0.4 is 16.0 Å². The number of hydrogen-bond donors (Lipinski definition) is 3. The number of fused-ring (bicyclic) bond motifs is 1. The quantitative estimate of drug-likeness (QED) is 0.630. The third kappa shape index (κ3) is 3.50. The van der Waals surface area contributed by atoms with Crippen LogP contribution >= 0.6 is 0 Å². The molecule has 8 heteroatoms. The fourth-order valence-corrected chi connectivity index (χ4v) is 4.37. The van der Waals surface area contributed by atoms with Gasteiger partial charge in [-0.1, -0.05) is 25.0 Å². The van der Waals surface area contributed by atoms with Crippen molar-refractivity contribution in [2.45, 2.75) is 38.1 Å². The van der Waals surface area contributed by atoms with E-state index in [1.165, 1.54) is 12.8 Å². The van der Waals surface area contributed by atoms with Gasteiger partial charge in [-0.2, -0.15) is 0 Å². The highest BCUT2D eigenvalue weighted by molar-refractivity contribution is 5.81. The maximum absolute atomic E-state index is 12.4. The van der Waals surface area contributed by atoms with Gasteiger partial charge in [0.25, 0.3) is 0 Å². The lowest BCUT2D eigenvalue weighted by atomic mass is 10.1. The molecule has 8 nitrogen and oxygen atoms in total. The van der Waals surface area contributed by atoms with Gasteiger partial charge < -0.3 is 20.9 Å². The molecule has 150 valence electrons. The van der Waals surface area contributed by atoms with E-state index in [0.717, 1.165) is 49.2 Å². The van der Waals surface area contributed by atoms with Crippen LogP contribution in [0.25, 0.3) is 22.6 Å². The normalized spacial score (nSPS) is 19.9. The number of imidazole rings is 1. The van der Waals surface area contributed by atoms with Crippen LogP contribution in [-0.2, 0) is 4.79 Å². The van der Waals surface area contributed by atoms with Crippen LogP contribution in [0.3, 0.4) is 0 Å². The standard InChI is InChI=1S/C21H25N7O/c22-19-18(20-25-15-7-3-4-8-16(15)26-20)27-17(11-23-19)28-10-9-14(12-28)24-21(29)13-5-1-2-6-13/h3-4,7-8,11,13-14H,1-2,5-6,9-10,12H2,(H2,22,23)(H,24,29)(H,25,26). The highest BCUT2D eigenvalue weighted by atomic mass is 16.2. The Morgan fingerprint density at radius 2 is 2.00 bits per heavy atom. The van der Waals surface area contributed by atoms with Crippen molar-refractivity contribution in [1.82, 2.24) is 25.3 Å². The molecule has 1 unspecified atom stereocenters. The molecule has 0 bridgehead atoms. The van der Waals surface area contributed by atoms with Crippen molar-refractivity contribution in [3.05, 3.63) is 30.5 Å². The topological polar surface area (TPSA) is 113 Å². The number of carbonyl (C=O) groups is 1. The van der Waals surface area contributed by atoms with Gasteiger partial charge in [0.05, 0.1) is 17.2 Å². The minimum absolute atomic E-state index is 0.150. The van der Waals surface area contributed by atoms with Gasteiger partial charge in [0.15, 0.2) is 17.3 Å². The summed E-state index contributed by atoms with van der Waals surface area (Å²) in [5, 5.41) is 3.22. The molecular weight excluding hydrogens is 366 g/mol. The monoisotopic (exact) mass is 391 g/mol. The number of hydrogen-bond acceptors (Lipinski definition) is 6. The number of benzene rings is 1. The number of carbonyl (C=O) groups excluding carboxylic acids is 1. The van der Waals surface area contributed by atoms with E-state index in [0.29, 0.717) is 17.3 Å². The molecule has 3 heterocycles. The van der Waals surface area contributed by atoms with E-state index < -0.39 is 0 Å². The average Bonchev–Trinajstić information content (AvgIpc) is 3.48. The van der Waals surface area contributed by atoms with Gasteiger partial charge in [-0.3, -0.25) is 4.79 Å². The summed E-state index contributed by atoms with van der Waals surface area (Å²) in [5.74, 6) is 2.12. The number of rotatable bonds is 4. The lowest BCUT2D eigenvalue weighted by molar-refractivity contribution is -0.125. The zero-order chi connectivity index (χ0) is 19.8. The number of nitrogens with zero attached hydrogens (tertiary/aromatic N) is 4. The molecule has 4 N–H and O–H groups in total. The molecule has 1 amide bonds. The third-order valence-corrected chi connectivity index (χ3v) is 5.99. The SMILES string of the molecule is Nc1ncc(N2CCC(NC(=O)C3CCCC3)C2)nc1-c1nc2ccccc2[nH]1. The fraction of sp³-hybridized carbons (Fsp3) is 0.429. The Morgan fingerprint density at radius 3 is 2.83 bits per heavy atom. The Bertz CT molecular complexity index is 1010. The second kappa shape index (κ2) is 7.35. The van der Waals surface area contributed by atoms with Gasteiger partial charge in [-0.05, 0) is 31.4 Å². The Kier molecular flexibility index (Phi) is 4.54. The lowest BCUT2D eigenvalue weighted by Crippen LogP contribution is -2.40. The van der Waals surface area contributed by atoms with Crippen LogP contribution in [0.1, 0.15) is 32.1 Å². The van der Waals surface area contributed by atoms with Crippen LogP contribution in [-0.4, -0.2) is 45.0 Å². The summed E-state index contributed by atoms with van der Waals surface area (Å²) in [4.78, 5) is 31.5. The molecule has 2 aromatic heterocycles. The predicted molar refractivity (Wildman–Crippen MR) is 112 cm³/mol. The number of anilines is 2. The van der Waals surface area contributed by atoms with E-state index in [-0.39, 0.29) is 17.9 Å². The number of nitrogen functional groups attached to an aromatic ring is 1. The smallest absolute Gasteiger partial charge is 0.223 e. The molecule has 1 saturated carbocycles.